The third-order valence-electron chi connectivity index (χ3n) is 7.14. The van der Waals surface area contributed by atoms with Crippen LogP contribution < -0.4 is 10.6 Å². The number of nitrogens with one attached hydrogen (secondary N) is 2. The monoisotopic (exact) mass is 468 g/mol. The zero-order valence-corrected chi connectivity index (χ0v) is 20.9. The highest BCUT2D eigenvalue weighted by atomic mass is 32.1. The quantitative estimate of drug-likeness (QED) is 0.637. The number of thiazole rings is 1. The maximum atomic E-state index is 12.6. The van der Waals surface area contributed by atoms with Gasteiger partial charge in [-0.15, -0.1) is 11.3 Å². The maximum Gasteiger partial charge on any atom is 0.240 e. The van der Waals surface area contributed by atoms with Crippen LogP contribution in [0.1, 0.15) is 61.6 Å². The number of likely N-dealkylation sites (tertiary alicyclic amines) is 1. The van der Waals surface area contributed by atoms with E-state index in [1.807, 2.05) is 5.38 Å². The van der Waals surface area contributed by atoms with E-state index in [1.165, 1.54) is 47.3 Å². The van der Waals surface area contributed by atoms with Crippen LogP contribution in [0.15, 0.2) is 17.5 Å². The minimum Gasteiger partial charge on any atom is -0.353 e. The van der Waals surface area contributed by atoms with Gasteiger partial charge in [-0.25, -0.2) is 4.98 Å². The Balaban J connectivity index is 1.23. The van der Waals surface area contributed by atoms with E-state index in [2.05, 4.69) is 53.4 Å². The van der Waals surface area contributed by atoms with Crippen molar-refractivity contribution >= 4 is 28.3 Å². The van der Waals surface area contributed by atoms with Gasteiger partial charge in [-0.2, -0.15) is 0 Å². The van der Waals surface area contributed by atoms with E-state index in [-0.39, 0.29) is 23.8 Å². The maximum absolute atomic E-state index is 12.6. The average molecular weight is 469 g/mol. The van der Waals surface area contributed by atoms with E-state index >= 15 is 0 Å². The summed E-state index contributed by atoms with van der Waals surface area (Å²) in [5.74, 6) is 0.417. The Labute approximate surface area is 201 Å². The lowest BCUT2D eigenvalue weighted by Gasteiger charge is -2.33. The van der Waals surface area contributed by atoms with E-state index in [0.29, 0.717) is 11.7 Å². The summed E-state index contributed by atoms with van der Waals surface area (Å²) >= 11 is 1.47. The van der Waals surface area contributed by atoms with E-state index in [4.69, 9.17) is 0 Å². The highest BCUT2D eigenvalue weighted by Gasteiger charge is 2.26. The summed E-state index contributed by atoms with van der Waals surface area (Å²) in [5.41, 5.74) is 5.74. The Kier molecular flexibility index (Phi) is 7.81. The van der Waals surface area contributed by atoms with Gasteiger partial charge in [-0.05, 0) is 69.2 Å². The first kappa shape index (κ1) is 23.9. The number of aromatic nitrogens is 1. The van der Waals surface area contributed by atoms with Crippen LogP contribution in [0.4, 0.5) is 5.13 Å². The minimum atomic E-state index is -0.0302. The third-order valence-corrected chi connectivity index (χ3v) is 7.90. The normalized spacial score (nSPS) is 18.3. The molecule has 1 aromatic heterocycles. The molecule has 0 radical (unpaired) electrons. The van der Waals surface area contributed by atoms with Crippen LogP contribution in [-0.4, -0.2) is 47.4 Å². The van der Waals surface area contributed by atoms with Crippen molar-refractivity contribution in [2.45, 2.75) is 71.8 Å². The van der Waals surface area contributed by atoms with Crippen LogP contribution in [-0.2, 0) is 9.59 Å². The van der Waals surface area contributed by atoms with Crippen molar-refractivity contribution in [3.05, 3.63) is 34.2 Å². The van der Waals surface area contributed by atoms with Gasteiger partial charge in [0.1, 0.15) is 0 Å². The summed E-state index contributed by atoms with van der Waals surface area (Å²) in [5, 5.41) is 8.87. The predicted octanol–water partition coefficient (Wildman–Crippen LogP) is 4.83. The first-order chi connectivity index (χ1) is 15.9. The minimum absolute atomic E-state index is 0.0302. The van der Waals surface area contributed by atoms with Crippen LogP contribution in [0.25, 0.3) is 11.3 Å². The van der Waals surface area contributed by atoms with Crippen LogP contribution >= 0.6 is 11.3 Å². The number of anilines is 1. The Morgan fingerprint density at radius 3 is 2.42 bits per heavy atom. The summed E-state index contributed by atoms with van der Waals surface area (Å²) in [7, 11) is 0. The largest absolute Gasteiger partial charge is 0.353 e. The Hall–Kier alpha value is -2.25. The Morgan fingerprint density at radius 2 is 1.70 bits per heavy atom. The summed E-state index contributed by atoms with van der Waals surface area (Å²) in [6.07, 6.45) is 7.49. The predicted molar refractivity (Wildman–Crippen MR) is 135 cm³/mol. The third kappa shape index (κ3) is 6.21. The molecule has 2 N–H and O–H groups in total. The molecule has 1 saturated carbocycles. The van der Waals surface area contributed by atoms with E-state index in [1.54, 1.807) is 0 Å². The molecule has 1 aliphatic carbocycles. The zero-order chi connectivity index (χ0) is 23.4. The van der Waals surface area contributed by atoms with Crippen molar-refractivity contribution in [3.8, 4) is 11.3 Å². The second kappa shape index (κ2) is 10.8. The lowest BCUT2D eigenvalue weighted by Crippen LogP contribution is -2.48. The molecule has 0 bridgehead atoms. The molecule has 1 aliphatic heterocycles. The summed E-state index contributed by atoms with van der Waals surface area (Å²) in [6, 6.07) is 4.59. The van der Waals surface area contributed by atoms with Gasteiger partial charge in [0.25, 0.3) is 0 Å². The lowest BCUT2D eigenvalue weighted by atomic mass is 9.88. The molecule has 2 amide bonds. The smallest absolute Gasteiger partial charge is 0.240 e. The van der Waals surface area contributed by atoms with Crippen molar-refractivity contribution < 1.29 is 9.59 Å². The van der Waals surface area contributed by atoms with Crippen molar-refractivity contribution in [3.63, 3.8) is 0 Å². The highest BCUT2D eigenvalue weighted by Crippen LogP contribution is 2.29. The molecular weight excluding hydrogens is 432 g/mol. The standard InChI is InChI=1S/C26H36N4O2S/c1-17-13-19(3)22(14-18(17)2)23-16-33-26(28-23)29-24(31)15-30-11-9-21(10-12-30)27-25(32)20-7-5-4-6-8-20/h13-14,16,20-21H,4-12,15H2,1-3H3,(H,27,32)(H,28,29,31). The molecule has 0 spiro atoms. The van der Waals surface area contributed by atoms with E-state index in [0.717, 1.165) is 50.0 Å². The molecule has 2 fully saturated rings. The lowest BCUT2D eigenvalue weighted by molar-refractivity contribution is -0.127. The van der Waals surface area contributed by atoms with Gasteiger partial charge < -0.3 is 10.6 Å². The number of carbonyl (C=O) groups is 2. The van der Waals surface area contributed by atoms with Crippen LogP contribution in [0, 0.1) is 26.7 Å². The molecule has 1 aromatic carbocycles. The molecule has 2 aliphatic rings. The fourth-order valence-corrected chi connectivity index (χ4v) is 5.70. The topological polar surface area (TPSA) is 74.3 Å². The fraction of sp³-hybridized carbons (Fsp3) is 0.577. The molecule has 0 atom stereocenters. The molecule has 1 saturated heterocycles. The average Bonchev–Trinajstić information content (AvgIpc) is 3.26. The van der Waals surface area contributed by atoms with Gasteiger partial charge in [0.05, 0.1) is 12.2 Å². The summed E-state index contributed by atoms with van der Waals surface area (Å²) in [4.78, 5) is 31.9. The van der Waals surface area contributed by atoms with Crippen LogP contribution in [0.2, 0.25) is 0 Å². The number of amides is 2. The van der Waals surface area contributed by atoms with Crippen LogP contribution in [0.5, 0.6) is 0 Å². The van der Waals surface area contributed by atoms with Gasteiger partial charge >= 0.3 is 0 Å². The number of rotatable bonds is 6. The molecule has 0 unspecified atom stereocenters. The molecule has 6 nitrogen and oxygen atoms in total. The van der Waals surface area contributed by atoms with Gasteiger partial charge in [0.2, 0.25) is 11.8 Å². The number of benzene rings is 1. The van der Waals surface area contributed by atoms with Crippen molar-refractivity contribution in [2.75, 3.05) is 25.0 Å². The number of hydrogen-bond donors (Lipinski definition) is 2. The summed E-state index contributed by atoms with van der Waals surface area (Å²) < 4.78 is 0. The number of piperidine rings is 1. The first-order valence-corrected chi connectivity index (χ1v) is 13.1. The van der Waals surface area contributed by atoms with Gasteiger partial charge in [0.15, 0.2) is 5.13 Å². The molecule has 178 valence electrons. The Morgan fingerprint density at radius 1 is 1.00 bits per heavy atom. The van der Waals surface area contributed by atoms with E-state index < -0.39 is 0 Å². The van der Waals surface area contributed by atoms with Gasteiger partial charge in [-0.3, -0.25) is 14.5 Å². The van der Waals surface area contributed by atoms with Crippen molar-refractivity contribution in [2.24, 2.45) is 5.92 Å². The second-order valence-corrected chi connectivity index (χ2v) is 10.6. The second-order valence-electron chi connectivity index (χ2n) is 9.73. The number of aryl methyl sites for hydroxylation is 3. The molecule has 7 heteroatoms. The molecule has 33 heavy (non-hydrogen) atoms. The summed E-state index contributed by atoms with van der Waals surface area (Å²) in [6.45, 7) is 8.34. The van der Waals surface area contributed by atoms with Gasteiger partial charge in [0, 0.05) is 36.0 Å². The van der Waals surface area contributed by atoms with E-state index in [9.17, 15) is 9.59 Å². The zero-order valence-electron chi connectivity index (χ0n) is 20.1. The Bertz CT molecular complexity index is 988. The number of hydrogen-bond acceptors (Lipinski definition) is 5. The highest BCUT2D eigenvalue weighted by molar-refractivity contribution is 7.14. The van der Waals surface area contributed by atoms with Crippen molar-refractivity contribution in [1.29, 1.82) is 0 Å². The molecule has 2 aromatic rings. The fourth-order valence-electron chi connectivity index (χ4n) is 4.97. The molecule has 2 heterocycles. The van der Waals surface area contributed by atoms with Crippen molar-refractivity contribution in [1.82, 2.24) is 15.2 Å². The number of carbonyl (C=O) groups excluding carboxylic acids is 2. The molecule has 4 rings (SSSR count). The molecular formula is C26H36N4O2S. The first-order valence-electron chi connectivity index (χ1n) is 12.3. The van der Waals surface area contributed by atoms with Crippen LogP contribution in [0.3, 0.4) is 0 Å². The number of nitrogens with zero attached hydrogens (tertiary/aromatic N) is 2. The SMILES string of the molecule is Cc1cc(C)c(-c2csc(NC(=O)CN3CCC(NC(=O)C4CCCCC4)CC3)n2)cc1C. The van der Waals surface area contributed by atoms with Gasteiger partial charge in [-0.1, -0.05) is 25.3 Å².